The summed E-state index contributed by atoms with van der Waals surface area (Å²) >= 11 is 0. The van der Waals surface area contributed by atoms with Crippen LogP contribution in [0.4, 0.5) is 5.95 Å². The summed E-state index contributed by atoms with van der Waals surface area (Å²) in [5, 5.41) is 0. The Hall–Kier alpha value is -3.83. The van der Waals surface area contributed by atoms with Gasteiger partial charge in [-0.05, 0) is 82.2 Å². The van der Waals surface area contributed by atoms with E-state index in [1.54, 1.807) is 11.0 Å². The number of hydrogen-bond donors (Lipinski definition) is 1. The largest absolute Gasteiger partial charge is 0.476 e. The van der Waals surface area contributed by atoms with E-state index < -0.39 is 10.0 Å². The first kappa shape index (κ1) is 35.0. The maximum absolute atomic E-state index is 13.3. The van der Waals surface area contributed by atoms with Gasteiger partial charge in [-0.15, -0.1) is 0 Å². The molecule has 2 aromatic carbocycles. The number of sulfonamides is 1. The number of anilines is 1. The highest BCUT2D eigenvalue weighted by Crippen LogP contribution is 2.32. The summed E-state index contributed by atoms with van der Waals surface area (Å²) in [6.45, 7) is 8.68. The number of nitrogens with zero attached hydrogens (tertiary/aromatic N) is 4. The van der Waals surface area contributed by atoms with Crippen LogP contribution in [-0.4, -0.2) is 80.2 Å². The monoisotopic (exact) mass is 649 g/mol. The maximum atomic E-state index is 13.3. The van der Waals surface area contributed by atoms with Crippen molar-refractivity contribution in [2.45, 2.75) is 76.8 Å². The molecule has 3 aromatic rings. The van der Waals surface area contributed by atoms with E-state index in [1.807, 2.05) is 46.1 Å². The number of aldehydes is 1. The summed E-state index contributed by atoms with van der Waals surface area (Å²) in [5.74, 6) is 0.836. The Morgan fingerprint density at radius 2 is 1.65 bits per heavy atom. The highest BCUT2D eigenvalue weighted by atomic mass is 32.2. The van der Waals surface area contributed by atoms with Gasteiger partial charge in [0.25, 0.3) is 10.0 Å². The topological polar surface area (TPSA) is 122 Å². The van der Waals surface area contributed by atoms with E-state index >= 15 is 0 Å². The predicted octanol–water partition coefficient (Wildman–Crippen LogP) is 5.75. The lowest BCUT2D eigenvalue weighted by Gasteiger charge is -2.39. The van der Waals surface area contributed by atoms with Crippen molar-refractivity contribution in [2.24, 2.45) is 11.8 Å². The molecule has 46 heavy (non-hydrogen) atoms. The molecule has 10 nitrogen and oxygen atoms in total. The minimum absolute atomic E-state index is 0.0683. The molecule has 11 heteroatoms. The summed E-state index contributed by atoms with van der Waals surface area (Å²) in [7, 11) is 1.66. The third-order valence-corrected chi connectivity index (χ3v) is 10.1. The average Bonchev–Trinajstić information content (AvgIpc) is 3.02. The third-order valence-electron chi connectivity index (χ3n) is 8.78. The molecule has 0 unspecified atom stereocenters. The molecule has 0 bridgehead atoms. The maximum Gasteiger partial charge on any atom is 0.264 e. The van der Waals surface area contributed by atoms with Gasteiger partial charge in [0.05, 0.1) is 10.6 Å². The predicted molar refractivity (Wildman–Crippen MR) is 181 cm³/mol. The molecule has 1 atom stereocenters. The number of carbonyl (C=O) groups excluding carboxylic acids is 2. The van der Waals surface area contributed by atoms with Gasteiger partial charge in [0.15, 0.2) is 0 Å². The Balaban J connectivity index is 1.61. The zero-order valence-electron chi connectivity index (χ0n) is 28.0. The first-order chi connectivity index (χ1) is 21.8. The average molecular weight is 650 g/mol. The van der Waals surface area contributed by atoms with Gasteiger partial charge >= 0.3 is 0 Å². The number of likely N-dealkylation sites (N-methyl/N-ethyl adjacent to an activating group) is 1. The fraction of sp³-hybridized carbons (Fsp3) is 0.486. The molecule has 1 heterocycles. The molecule has 1 N–H and O–H groups in total. The fourth-order valence-corrected chi connectivity index (χ4v) is 7.29. The lowest BCUT2D eigenvalue weighted by atomic mass is 9.84. The molecule has 0 spiro atoms. The van der Waals surface area contributed by atoms with Crippen LogP contribution < -0.4 is 9.46 Å². The summed E-state index contributed by atoms with van der Waals surface area (Å²) in [6.07, 6.45) is 5.11. The van der Waals surface area contributed by atoms with Crippen LogP contribution in [0.25, 0.3) is 11.3 Å². The van der Waals surface area contributed by atoms with E-state index in [4.69, 9.17) is 4.74 Å². The molecule has 1 amide bonds. The molecule has 4 rings (SSSR count). The van der Waals surface area contributed by atoms with Gasteiger partial charge in [0.2, 0.25) is 17.7 Å². The summed E-state index contributed by atoms with van der Waals surface area (Å²) in [6, 6.07) is 13.9. The van der Waals surface area contributed by atoms with Crippen LogP contribution in [0.2, 0.25) is 0 Å². The third kappa shape index (κ3) is 8.70. The zero-order valence-corrected chi connectivity index (χ0v) is 28.8. The van der Waals surface area contributed by atoms with Crippen LogP contribution in [0.1, 0.15) is 67.4 Å². The number of nitrogens with one attached hydrogen (secondary N) is 1. The van der Waals surface area contributed by atoms with Crippen molar-refractivity contribution in [3.8, 4) is 17.1 Å². The summed E-state index contributed by atoms with van der Waals surface area (Å²) < 4.78 is 35.6. The van der Waals surface area contributed by atoms with Crippen LogP contribution in [-0.2, 0) is 14.8 Å². The van der Waals surface area contributed by atoms with Gasteiger partial charge in [0, 0.05) is 49.3 Å². The number of aryl methyl sites for hydroxylation is 2. The first-order valence-corrected chi connectivity index (χ1v) is 17.4. The minimum atomic E-state index is -4.10. The van der Waals surface area contributed by atoms with Crippen molar-refractivity contribution in [3.05, 3.63) is 65.2 Å². The molecule has 0 aliphatic heterocycles. The number of carbonyl (C=O) groups is 2. The number of benzene rings is 2. The zero-order chi connectivity index (χ0) is 33.6. The van der Waals surface area contributed by atoms with Gasteiger partial charge in [-0.3, -0.25) is 14.5 Å². The van der Waals surface area contributed by atoms with Crippen LogP contribution in [0.3, 0.4) is 0 Å². The first-order valence-electron chi connectivity index (χ1n) is 15.9. The van der Waals surface area contributed by atoms with E-state index in [-0.39, 0.29) is 40.2 Å². The van der Waals surface area contributed by atoms with Gasteiger partial charge in [-0.2, -0.15) is 4.98 Å². The number of amides is 1. The van der Waals surface area contributed by atoms with Crippen molar-refractivity contribution in [1.29, 1.82) is 0 Å². The van der Waals surface area contributed by atoms with E-state index in [2.05, 4.69) is 40.5 Å². The van der Waals surface area contributed by atoms with Crippen molar-refractivity contribution >= 4 is 28.2 Å². The van der Waals surface area contributed by atoms with Gasteiger partial charge in [0.1, 0.15) is 12.9 Å². The van der Waals surface area contributed by atoms with E-state index in [0.717, 1.165) is 48.8 Å². The standard InChI is InChI=1S/C35H47N5O5S/c1-23(2)18-29(40(7)28-16-14-27(15-17-28)34(42)39(5)6)22-45-32-20-31(33-24(3)10-8-11-25(33)4)36-35(37-32)38-46(43,44)30-13-9-12-26(19-30)21-41/h8-13,19-21,23,27-29H,14-18,22H2,1-7H3,(H,36,37,38)/t27-,28-,29-/m1/s1. The second kappa shape index (κ2) is 15.2. The molecular weight excluding hydrogens is 602 g/mol. The van der Waals surface area contributed by atoms with Crippen molar-refractivity contribution in [1.82, 2.24) is 19.8 Å². The molecular formula is C35H47N5O5S. The molecule has 248 valence electrons. The Bertz CT molecular complexity index is 1610. The van der Waals surface area contributed by atoms with Crippen molar-refractivity contribution < 1.29 is 22.7 Å². The highest BCUT2D eigenvalue weighted by molar-refractivity contribution is 7.92. The Morgan fingerprint density at radius 3 is 2.26 bits per heavy atom. The second-order valence-electron chi connectivity index (χ2n) is 13.0. The van der Waals surface area contributed by atoms with Crippen LogP contribution in [0.15, 0.2) is 53.4 Å². The Kier molecular flexibility index (Phi) is 11.6. The van der Waals surface area contributed by atoms with Crippen LogP contribution in [0, 0.1) is 25.7 Å². The molecule has 1 aliphatic rings. The quantitative estimate of drug-likeness (QED) is 0.233. The number of ether oxygens (including phenoxy) is 1. The van der Waals surface area contributed by atoms with Gasteiger partial charge in [-0.1, -0.05) is 44.2 Å². The van der Waals surface area contributed by atoms with Gasteiger partial charge < -0.3 is 9.64 Å². The summed E-state index contributed by atoms with van der Waals surface area (Å²) in [5.41, 5.74) is 3.63. The normalized spacial score (nSPS) is 17.5. The molecule has 1 aromatic heterocycles. The highest BCUT2D eigenvalue weighted by Gasteiger charge is 2.32. The number of rotatable bonds is 13. The van der Waals surface area contributed by atoms with E-state index in [0.29, 0.717) is 30.5 Å². The molecule has 1 fully saturated rings. The van der Waals surface area contributed by atoms with Gasteiger partial charge in [-0.25, -0.2) is 18.1 Å². The fourth-order valence-electron chi connectivity index (χ4n) is 6.30. The molecule has 1 aliphatic carbocycles. The summed E-state index contributed by atoms with van der Waals surface area (Å²) in [4.78, 5) is 36.9. The van der Waals surface area contributed by atoms with E-state index in [1.165, 1.54) is 24.3 Å². The van der Waals surface area contributed by atoms with Crippen molar-refractivity contribution in [3.63, 3.8) is 0 Å². The lowest BCUT2D eigenvalue weighted by Crippen LogP contribution is -2.46. The molecule has 0 radical (unpaired) electrons. The molecule has 1 saturated carbocycles. The second-order valence-corrected chi connectivity index (χ2v) is 14.7. The SMILES string of the molecule is Cc1cccc(C)c1-c1cc(OC[C@@H](CC(C)C)N(C)[C@H]2CC[C@H](C(=O)N(C)C)CC2)nc(NS(=O)(=O)c2cccc(C=O)c2)n1. The number of aromatic nitrogens is 2. The molecule has 0 saturated heterocycles. The smallest absolute Gasteiger partial charge is 0.264 e. The van der Waals surface area contributed by atoms with E-state index in [9.17, 15) is 18.0 Å². The number of hydrogen-bond acceptors (Lipinski definition) is 8. The van der Waals surface area contributed by atoms with Crippen LogP contribution in [0.5, 0.6) is 5.88 Å². The van der Waals surface area contributed by atoms with Crippen molar-refractivity contribution in [2.75, 3.05) is 32.5 Å². The minimum Gasteiger partial charge on any atom is -0.476 e. The Morgan fingerprint density at radius 1 is 1.00 bits per heavy atom. The van der Waals surface area contributed by atoms with Crippen LogP contribution >= 0.6 is 0 Å². The lowest BCUT2D eigenvalue weighted by molar-refractivity contribution is -0.134. The Labute approximate surface area is 273 Å².